The largest absolute Gasteiger partial charge is 0.480 e. The molecule has 2 aromatic carbocycles. The number of thioether (sulfide) groups is 1. The van der Waals surface area contributed by atoms with Gasteiger partial charge in [0.15, 0.2) is 0 Å². The number of benzene rings is 2. The van der Waals surface area contributed by atoms with E-state index in [9.17, 15) is 14.3 Å². The van der Waals surface area contributed by atoms with Crippen LogP contribution in [0.15, 0.2) is 67.3 Å². The molecule has 1 aromatic heterocycles. The van der Waals surface area contributed by atoms with Gasteiger partial charge < -0.3 is 15.0 Å². The van der Waals surface area contributed by atoms with Crippen LogP contribution in [-0.2, 0) is 11.3 Å². The summed E-state index contributed by atoms with van der Waals surface area (Å²) in [5, 5.41) is 12.6. The van der Waals surface area contributed by atoms with Crippen molar-refractivity contribution in [3.8, 4) is 0 Å². The quantitative estimate of drug-likeness (QED) is 0.453. The van der Waals surface area contributed by atoms with Crippen LogP contribution in [0.25, 0.3) is 11.6 Å². The summed E-state index contributed by atoms with van der Waals surface area (Å²) < 4.78 is 15.3. The van der Waals surface area contributed by atoms with Gasteiger partial charge in [0.05, 0.1) is 6.33 Å². The molecule has 0 unspecified atom stereocenters. The van der Waals surface area contributed by atoms with E-state index in [4.69, 9.17) is 0 Å². The monoisotopic (exact) mass is 425 g/mol. The number of carboxylic acids is 1. The Balaban J connectivity index is 1.87. The van der Waals surface area contributed by atoms with Crippen LogP contribution in [0.1, 0.15) is 17.5 Å². The highest BCUT2D eigenvalue weighted by Crippen LogP contribution is 2.23. The summed E-state index contributed by atoms with van der Waals surface area (Å²) in [5.41, 5.74) is 3.57. The lowest BCUT2D eigenvalue weighted by molar-refractivity contribution is -0.137. The zero-order valence-electron chi connectivity index (χ0n) is 16.7. The fraction of sp³-hybridized carbons (Fsp3) is 0.217. The molecule has 0 fully saturated rings. The maximum absolute atomic E-state index is 13.4. The number of imidazole rings is 1. The van der Waals surface area contributed by atoms with Gasteiger partial charge in [-0.3, -0.25) is 0 Å². The van der Waals surface area contributed by atoms with Crippen molar-refractivity contribution < 1.29 is 14.3 Å². The zero-order chi connectivity index (χ0) is 21.3. The first-order valence-corrected chi connectivity index (χ1v) is 10.9. The second-order valence-corrected chi connectivity index (χ2v) is 7.84. The zero-order valence-corrected chi connectivity index (χ0v) is 17.5. The molecule has 30 heavy (non-hydrogen) atoms. The van der Waals surface area contributed by atoms with Crippen molar-refractivity contribution in [3.63, 3.8) is 0 Å². The predicted molar refractivity (Wildman–Crippen MR) is 121 cm³/mol. The van der Waals surface area contributed by atoms with Gasteiger partial charge in [-0.2, -0.15) is 11.8 Å². The molecule has 0 saturated carbocycles. The molecule has 0 bridgehead atoms. The van der Waals surface area contributed by atoms with Crippen LogP contribution in [0.4, 0.5) is 10.1 Å². The lowest BCUT2D eigenvalue weighted by atomic mass is 10.0. The Labute approximate surface area is 179 Å². The van der Waals surface area contributed by atoms with Crippen molar-refractivity contribution in [2.45, 2.75) is 19.0 Å². The highest BCUT2D eigenvalue weighted by molar-refractivity contribution is 7.98. The van der Waals surface area contributed by atoms with Crippen LogP contribution in [-0.4, -0.2) is 38.7 Å². The third kappa shape index (κ3) is 6.22. The molecule has 0 saturated heterocycles. The van der Waals surface area contributed by atoms with Crippen LogP contribution < -0.4 is 5.32 Å². The SMILES string of the molecule is CSCC[C@H](Nc1cccc(/C=C(/Cn2ccnc2)c2ccc(F)cc2)c1)C(=O)O. The van der Waals surface area contributed by atoms with E-state index >= 15 is 0 Å². The highest BCUT2D eigenvalue weighted by atomic mass is 32.2. The average Bonchev–Trinajstić information content (AvgIpc) is 3.24. The summed E-state index contributed by atoms with van der Waals surface area (Å²) in [7, 11) is 0. The first-order chi connectivity index (χ1) is 14.5. The first-order valence-electron chi connectivity index (χ1n) is 9.56. The maximum atomic E-state index is 13.4. The minimum Gasteiger partial charge on any atom is -0.480 e. The molecule has 2 N–H and O–H groups in total. The van der Waals surface area contributed by atoms with Crippen molar-refractivity contribution in [1.82, 2.24) is 9.55 Å². The number of allylic oxidation sites excluding steroid dienone is 1. The molecule has 0 amide bonds. The van der Waals surface area contributed by atoms with E-state index in [0.29, 0.717) is 13.0 Å². The van der Waals surface area contributed by atoms with Gasteiger partial charge >= 0.3 is 5.97 Å². The Hall–Kier alpha value is -3.06. The molecule has 0 radical (unpaired) electrons. The molecule has 0 aliphatic carbocycles. The molecular weight excluding hydrogens is 401 g/mol. The van der Waals surface area contributed by atoms with Crippen LogP contribution in [0.5, 0.6) is 0 Å². The van der Waals surface area contributed by atoms with Gasteiger partial charge in [0.2, 0.25) is 0 Å². The Kier molecular flexibility index (Phi) is 7.68. The minimum absolute atomic E-state index is 0.281. The summed E-state index contributed by atoms with van der Waals surface area (Å²) in [6, 6.07) is 13.4. The molecule has 1 atom stereocenters. The molecular formula is C23H24FN3O2S. The van der Waals surface area contributed by atoms with E-state index in [1.54, 1.807) is 36.4 Å². The Bertz CT molecular complexity index is 988. The topological polar surface area (TPSA) is 67.2 Å². The Morgan fingerprint density at radius 2 is 2.10 bits per heavy atom. The predicted octanol–water partition coefficient (Wildman–Crippen LogP) is 4.88. The van der Waals surface area contributed by atoms with Crippen molar-refractivity contribution in [2.75, 3.05) is 17.3 Å². The number of hydrogen-bond donors (Lipinski definition) is 2. The fourth-order valence-corrected chi connectivity index (χ4v) is 3.55. The molecule has 5 nitrogen and oxygen atoms in total. The van der Waals surface area contributed by atoms with E-state index < -0.39 is 12.0 Å². The van der Waals surface area contributed by atoms with E-state index in [0.717, 1.165) is 28.1 Å². The van der Waals surface area contributed by atoms with E-state index in [1.807, 2.05) is 47.4 Å². The number of nitrogens with one attached hydrogen (secondary N) is 1. The highest BCUT2D eigenvalue weighted by Gasteiger charge is 2.16. The third-order valence-corrected chi connectivity index (χ3v) is 5.25. The molecule has 0 spiro atoms. The fourth-order valence-electron chi connectivity index (χ4n) is 3.07. The van der Waals surface area contributed by atoms with Crippen LogP contribution in [0.3, 0.4) is 0 Å². The number of aromatic nitrogens is 2. The van der Waals surface area contributed by atoms with Gasteiger partial charge in [-0.25, -0.2) is 14.2 Å². The molecule has 1 heterocycles. The molecule has 3 rings (SSSR count). The van der Waals surface area contributed by atoms with Gasteiger partial charge in [0.25, 0.3) is 0 Å². The second kappa shape index (κ2) is 10.6. The summed E-state index contributed by atoms with van der Waals surface area (Å²) >= 11 is 1.62. The number of halogens is 1. The van der Waals surface area contributed by atoms with E-state index in [-0.39, 0.29) is 5.82 Å². The number of carboxylic acid groups (broad SMARTS) is 1. The Morgan fingerprint density at radius 1 is 1.30 bits per heavy atom. The molecule has 0 aliphatic rings. The van der Waals surface area contributed by atoms with Gasteiger partial charge in [0.1, 0.15) is 11.9 Å². The maximum Gasteiger partial charge on any atom is 0.326 e. The standard InChI is InChI=1S/C23H24FN3O2S/c1-30-12-9-22(23(28)29)26-21-4-2-3-17(14-21)13-19(15-27-11-10-25-16-27)18-5-7-20(24)8-6-18/h2-8,10-11,13-14,16,22,26H,9,12,15H2,1H3,(H,28,29)/b19-13-/t22-/m0/s1. The van der Waals surface area contributed by atoms with Crippen molar-refractivity contribution in [3.05, 3.63) is 84.2 Å². The van der Waals surface area contributed by atoms with Gasteiger partial charge in [0, 0.05) is 24.6 Å². The lowest BCUT2D eigenvalue weighted by Crippen LogP contribution is -2.29. The van der Waals surface area contributed by atoms with Gasteiger partial charge in [-0.05, 0) is 65.5 Å². The summed E-state index contributed by atoms with van der Waals surface area (Å²) in [6.07, 6.45) is 9.85. The number of hydrogen-bond acceptors (Lipinski definition) is 4. The van der Waals surface area contributed by atoms with Crippen LogP contribution in [0.2, 0.25) is 0 Å². The molecule has 3 aromatic rings. The number of aliphatic carboxylic acids is 1. The second-order valence-electron chi connectivity index (χ2n) is 6.85. The third-order valence-electron chi connectivity index (χ3n) is 4.60. The number of anilines is 1. The lowest BCUT2D eigenvalue weighted by Gasteiger charge is -2.16. The molecule has 156 valence electrons. The van der Waals surface area contributed by atoms with Crippen molar-refractivity contribution in [2.24, 2.45) is 0 Å². The first kappa shape index (κ1) is 21.6. The Morgan fingerprint density at radius 3 is 2.77 bits per heavy atom. The van der Waals surface area contributed by atoms with Gasteiger partial charge in [-0.1, -0.05) is 24.3 Å². The summed E-state index contributed by atoms with van der Waals surface area (Å²) in [5.74, 6) is -0.377. The molecule has 0 aliphatic heterocycles. The van der Waals surface area contributed by atoms with Gasteiger partial charge in [-0.15, -0.1) is 0 Å². The number of nitrogens with zero attached hydrogens (tertiary/aromatic N) is 2. The number of rotatable bonds is 10. The number of carbonyl (C=O) groups is 1. The summed E-state index contributed by atoms with van der Waals surface area (Å²) in [4.78, 5) is 15.6. The van der Waals surface area contributed by atoms with E-state index in [1.165, 1.54) is 12.1 Å². The van der Waals surface area contributed by atoms with Crippen LogP contribution >= 0.6 is 11.8 Å². The van der Waals surface area contributed by atoms with Crippen molar-refractivity contribution >= 4 is 35.1 Å². The van der Waals surface area contributed by atoms with E-state index in [2.05, 4.69) is 10.3 Å². The van der Waals surface area contributed by atoms with Crippen molar-refractivity contribution in [1.29, 1.82) is 0 Å². The minimum atomic E-state index is -0.864. The average molecular weight is 426 g/mol. The smallest absolute Gasteiger partial charge is 0.326 e. The summed E-state index contributed by atoms with van der Waals surface area (Å²) in [6.45, 7) is 0.578. The normalized spacial score (nSPS) is 12.5. The molecule has 7 heteroatoms. The van der Waals surface area contributed by atoms with Crippen LogP contribution in [0, 0.1) is 5.82 Å².